The molecule has 16 nitrogen and oxygen atoms in total. The third-order valence-electron chi connectivity index (χ3n) is 9.93. The van der Waals surface area contributed by atoms with E-state index in [1.54, 1.807) is 20.2 Å². The lowest BCUT2D eigenvalue weighted by atomic mass is 9.76. The van der Waals surface area contributed by atoms with Crippen LogP contribution < -0.4 is 21.3 Å². The molecule has 0 aromatic heterocycles. The van der Waals surface area contributed by atoms with Gasteiger partial charge in [-0.2, -0.15) is 0 Å². The van der Waals surface area contributed by atoms with Crippen LogP contribution in [0, 0.1) is 11.3 Å². The molecular formula is C40H60N6O10S. The second kappa shape index (κ2) is 21.1. The second-order valence-electron chi connectivity index (χ2n) is 16.2. The summed E-state index contributed by atoms with van der Waals surface area (Å²) in [6.07, 6.45) is 0.662. The van der Waals surface area contributed by atoms with Gasteiger partial charge < -0.3 is 36.4 Å². The standard InChI is InChI=1S/C40H60N6O10S/c1-23(2)27(45(10)37(54)33(39(4,5)6)44-35(52)32(41-9)40(7,8)25-14-12-11-13-15-25)20-24(3)34(51)43-26(38(55)56)21-29(47)42-17-18-46-30(48)22-28(36(46)53)57-19-16-31(49)50/h11-15,20,23,26-28,32-33,41H,16-19,21-22H2,1-10H3,(H,42,47)(H,43,51)(H,44,52)(H,49,50)(H,55,56)/b24-20+/t26-,27-,28?,32-,33-/m1/s1. The van der Waals surface area contributed by atoms with E-state index >= 15 is 0 Å². The van der Waals surface area contributed by atoms with Crippen LogP contribution in [-0.2, 0) is 43.8 Å². The van der Waals surface area contributed by atoms with Gasteiger partial charge in [0.05, 0.1) is 30.2 Å². The molecule has 0 bridgehead atoms. The first-order valence-electron chi connectivity index (χ1n) is 18.9. The van der Waals surface area contributed by atoms with Crippen LogP contribution in [-0.4, -0.2) is 130 Å². The average molecular weight is 817 g/mol. The maximum absolute atomic E-state index is 14.2. The maximum Gasteiger partial charge on any atom is 0.326 e. The first kappa shape index (κ1) is 48.4. The van der Waals surface area contributed by atoms with Crippen LogP contribution in [0.3, 0.4) is 0 Å². The molecule has 6 amide bonds. The number of hydrogen-bond donors (Lipinski definition) is 6. The Morgan fingerprint density at radius 1 is 0.982 bits per heavy atom. The summed E-state index contributed by atoms with van der Waals surface area (Å²) in [5.41, 5.74) is -0.315. The Bertz CT molecular complexity index is 1680. The molecule has 6 N–H and O–H groups in total. The predicted octanol–water partition coefficient (Wildman–Crippen LogP) is 1.92. The Morgan fingerprint density at radius 2 is 1.60 bits per heavy atom. The number of imide groups is 1. The van der Waals surface area contributed by atoms with E-state index in [4.69, 9.17) is 5.11 Å². The van der Waals surface area contributed by atoms with Gasteiger partial charge in [0.25, 0.3) is 0 Å². The van der Waals surface area contributed by atoms with E-state index in [9.17, 15) is 43.5 Å². The molecule has 2 rings (SSSR count). The van der Waals surface area contributed by atoms with Gasteiger partial charge in [0.1, 0.15) is 12.1 Å². The normalized spacial score (nSPS) is 17.1. The number of aliphatic carboxylic acids is 2. The summed E-state index contributed by atoms with van der Waals surface area (Å²) in [7, 11) is 3.27. The Hall–Kier alpha value is -4.77. The van der Waals surface area contributed by atoms with Crippen molar-refractivity contribution in [3.8, 4) is 0 Å². The minimum Gasteiger partial charge on any atom is -0.481 e. The Balaban J connectivity index is 2.12. The zero-order chi connectivity index (χ0) is 43.4. The highest BCUT2D eigenvalue weighted by molar-refractivity contribution is 8.00. The number of carboxylic acids is 2. The average Bonchev–Trinajstić information content (AvgIpc) is 3.39. The fourth-order valence-corrected chi connectivity index (χ4v) is 7.61. The van der Waals surface area contributed by atoms with E-state index in [2.05, 4.69) is 21.3 Å². The van der Waals surface area contributed by atoms with Crippen molar-refractivity contribution >= 4 is 59.1 Å². The molecule has 1 heterocycles. The number of nitrogens with one attached hydrogen (secondary N) is 4. The van der Waals surface area contributed by atoms with Gasteiger partial charge in [0, 0.05) is 43.3 Å². The van der Waals surface area contributed by atoms with Gasteiger partial charge >= 0.3 is 11.9 Å². The van der Waals surface area contributed by atoms with Crippen molar-refractivity contribution in [1.82, 2.24) is 31.1 Å². The molecule has 1 fully saturated rings. The SMILES string of the molecule is CN[C@H](C(=O)N[C@H](C(=O)N(C)[C@H](/C=C(\C)C(=O)N[C@H](CC(=O)NCCN1C(=O)CC(SCCC(=O)O)C1=O)C(=O)O)C(C)C)C(C)(C)C)C(C)(C)c1ccccc1. The highest BCUT2D eigenvalue weighted by Crippen LogP contribution is 2.29. The minimum absolute atomic E-state index is 0.0861. The van der Waals surface area contributed by atoms with E-state index in [-0.39, 0.29) is 49.1 Å². The number of carboxylic acid groups (broad SMARTS) is 2. The van der Waals surface area contributed by atoms with E-state index in [0.717, 1.165) is 22.2 Å². The van der Waals surface area contributed by atoms with Crippen LogP contribution in [0.4, 0.5) is 0 Å². The lowest BCUT2D eigenvalue weighted by molar-refractivity contribution is -0.143. The maximum atomic E-state index is 14.2. The summed E-state index contributed by atoms with van der Waals surface area (Å²) in [6, 6.07) is 5.67. The molecule has 1 aromatic carbocycles. The summed E-state index contributed by atoms with van der Waals surface area (Å²) in [4.78, 5) is 104. The lowest BCUT2D eigenvalue weighted by Crippen LogP contribution is -2.61. The van der Waals surface area contributed by atoms with Crippen molar-refractivity contribution < 1.29 is 48.6 Å². The topological polar surface area (TPSA) is 232 Å². The van der Waals surface area contributed by atoms with Crippen molar-refractivity contribution in [2.45, 2.75) is 109 Å². The van der Waals surface area contributed by atoms with Crippen LogP contribution in [0.2, 0.25) is 0 Å². The molecule has 17 heteroatoms. The third-order valence-corrected chi connectivity index (χ3v) is 11.1. The van der Waals surface area contributed by atoms with Gasteiger partial charge in [-0.3, -0.25) is 38.5 Å². The number of hydrogen-bond acceptors (Lipinski definition) is 10. The fraction of sp³-hybridized carbons (Fsp3) is 0.600. The molecular weight excluding hydrogens is 757 g/mol. The minimum atomic E-state index is -1.62. The fourth-order valence-electron chi connectivity index (χ4n) is 6.51. The molecule has 5 atom stereocenters. The smallest absolute Gasteiger partial charge is 0.326 e. The summed E-state index contributed by atoms with van der Waals surface area (Å²) in [5.74, 6) is -5.76. The number of carbonyl (C=O) groups is 8. The van der Waals surface area contributed by atoms with Gasteiger partial charge in [-0.1, -0.05) is 84.9 Å². The van der Waals surface area contributed by atoms with E-state index < -0.39 is 88.1 Å². The summed E-state index contributed by atoms with van der Waals surface area (Å²) >= 11 is 1.07. The van der Waals surface area contributed by atoms with Gasteiger partial charge in [-0.05, 0) is 30.9 Å². The third kappa shape index (κ3) is 13.7. The van der Waals surface area contributed by atoms with Crippen LogP contribution in [0.5, 0.6) is 0 Å². The molecule has 1 unspecified atom stereocenters. The second-order valence-corrected chi connectivity index (χ2v) is 17.5. The van der Waals surface area contributed by atoms with Crippen molar-refractivity contribution in [3.63, 3.8) is 0 Å². The van der Waals surface area contributed by atoms with Crippen LogP contribution in [0.1, 0.15) is 80.2 Å². The Morgan fingerprint density at radius 3 is 2.12 bits per heavy atom. The van der Waals surface area contributed by atoms with Gasteiger partial charge in [0.2, 0.25) is 35.4 Å². The predicted molar refractivity (Wildman–Crippen MR) is 216 cm³/mol. The zero-order valence-electron chi connectivity index (χ0n) is 34.6. The summed E-state index contributed by atoms with van der Waals surface area (Å²) in [5, 5.41) is 28.9. The monoisotopic (exact) mass is 816 g/mol. The van der Waals surface area contributed by atoms with E-state index in [1.165, 1.54) is 11.8 Å². The number of likely N-dealkylation sites (N-methyl/N-ethyl adjacent to an activating group) is 2. The van der Waals surface area contributed by atoms with Crippen LogP contribution in [0.15, 0.2) is 42.0 Å². The molecule has 57 heavy (non-hydrogen) atoms. The quantitative estimate of drug-likeness (QED) is 0.0773. The zero-order valence-corrected chi connectivity index (χ0v) is 35.5. The van der Waals surface area contributed by atoms with Crippen molar-refractivity contribution in [1.29, 1.82) is 0 Å². The van der Waals surface area contributed by atoms with Crippen molar-refractivity contribution in [3.05, 3.63) is 47.5 Å². The first-order valence-corrected chi connectivity index (χ1v) is 19.9. The van der Waals surface area contributed by atoms with Gasteiger partial charge in [-0.25, -0.2) is 4.79 Å². The van der Waals surface area contributed by atoms with Crippen LogP contribution >= 0.6 is 11.8 Å². The number of benzene rings is 1. The summed E-state index contributed by atoms with van der Waals surface area (Å²) < 4.78 is 0. The molecule has 0 aliphatic carbocycles. The number of nitrogens with zero attached hydrogens (tertiary/aromatic N) is 2. The Labute approximate surface area is 339 Å². The number of likely N-dealkylation sites (tertiary alicyclic amines) is 1. The molecule has 1 aromatic rings. The molecule has 1 saturated heterocycles. The number of carbonyl (C=O) groups excluding carboxylic acids is 6. The van der Waals surface area contributed by atoms with Crippen LogP contribution in [0.25, 0.3) is 0 Å². The lowest BCUT2D eigenvalue weighted by Gasteiger charge is -2.40. The number of rotatable bonds is 21. The molecule has 0 saturated carbocycles. The molecule has 0 radical (unpaired) electrons. The summed E-state index contributed by atoms with van der Waals surface area (Å²) in [6.45, 7) is 14.3. The van der Waals surface area contributed by atoms with Gasteiger partial charge in [0.15, 0.2) is 0 Å². The van der Waals surface area contributed by atoms with Gasteiger partial charge in [-0.15, -0.1) is 11.8 Å². The van der Waals surface area contributed by atoms with Crippen molar-refractivity contribution in [2.75, 3.05) is 32.9 Å². The van der Waals surface area contributed by atoms with Crippen molar-refractivity contribution in [2.24, 2.45) is 11.3 Å². The first-order chi connectivity index (χ1) is 26.4. The largest absolute Gasteiger partial charge is 0.481 e. The number of amides is 6. The highest BCUT2D eigenvalue weighted by Gasteiger charge is 2.42. The molecule has 1 aliphatic rings. The Kier molecular flexibility index (Phi) is 17.9. The number of thioether (sulfide) groups is 1. The highest BCUT2D eigenvalue weighted by atomic mass is 32.2. The molecule has 1 aliphatic heterocycles. The van der Waals surface area contributed by atoms with E-state index in [1.807, 2.05) is 78.8 Å². The van der Waals surface area contributed by atoms with E-state index in [0.29, 0.717) is 0 Å². The molecule has 316 valence electrons. The molecule has 0 spiro atoms.